The van der Waals surface area contributed by atoms with Crippen LogP contribution in [0.1, 0.15) is 21.8 Å². The zero-order valence-corrected chi connectivity index (χ0v) is 22.5. The summed E-state index contributed by atoms with van der Waals surface area (Å²) in [5.74, 6) is -4.38. The molecule has 0 saturated heterocycles. The maximum Gasteiger partial charge on any atom is 0.257 e. The maximum atomic E-state index is 13.9. The van der Waals surface area contributed by atoms with Gasteiger partial charge in [0.15, 0.2) is 0 Å². The van der Waals surface area contributed by atoms with Gasteiger partial charge in [-0.2, -0.15) is 0 Å². The zero-order chi connectivity index (χ0) is 25.7. The van der Waals surface area contributed by atoms with Crippen LogP contribution < -0.4 is 10.6 Å². The molecule has 0 bridgehead atoms. The van der Waals surface area contributed by atoms with Crippen LogP contribution in [0.2, 0.25) is 15.1 Å². The number of rotatable bonds is 5. The lowest BCUT2D eigenvalue weighted by atomic mass is 10.1. The number of halogens is 8. The highest BCUT2D eigenvalue weighted by molar-refractivity contribution is 9.10. The molecule has 2 N–H and O–H groups in total. The van der Waals surface area contributed by atoms with E-state index in [1.165, 1.54) is 18.2 Å². The van der Waals surface area contributed by atoms with E-state index in [0.717, 1.165) is 12.1 Å². The molecular weight excluding hydrogens is 631 g/mol. The normalized spacial score (nSPS) is 18.2. The fourth-order valence-corrected chi connectivity index (χ4v) is 5.56. The van der Waals surface area contributed by atoms with Crippen LogP contribution >= 0.6 is 73.9 Å². The van der Waals surface area contributed by atoms with E-state index in [0.29, 0.717) is 21.1 Å². The smallest absolute Gasteiger partial charge is 0.257 e. The molecule has 35 heavy (non-hydrogen) atoms. The van der Waals surface area contributed by atoms with E-state index in [9.17, 15) is 18.4 Å². The summed E-state index contributed by atoms with van der Waals surface area (Å²) in [7, 11) is 0. The first-order valence-corrected chi connectivity index (χ1v) is 12.5. The Morgan fingerprint density at radius 1 is 0.914 bits per heavy atom. The Balaban J connectivity index is 1.52. The van der Waals surface area contributed by atoms with Crippen LogP contribution in [0.25, 0.3) is 0 Å². The number of nitrogens with one attached hydrogen (secondary N) is 2. The van der Waals surface area contributed by atoms with E-state index in [2.05, 4.69) is 26.6 Å². The lowest BCUT2D eigenvalue weighted by molar-refractivity contribution is -0.117. The molecule has 4 nitrogen and oxygen atoms in total. The largest absolute Gasteiger partial charge is 0.326 e. The summed E-state index contributed by atoms with van der Waals surface area (Å²) < 4.78 is 26.2. The molecule has 2 atom stereocenters. The van der Waals surface area contributed by atoms with E-state index in [1.54, 1.807) is 12.1 Å². The molecule has 2 amide bonds. The third-order valence-electron chi connectivity index (χ3n) is 5.36. The molecule has 0 unspecified atom stereocenters. The van der Waals surface area contributed by atoms with Crippen molar-refractivity contribution in [3.05, 3.63) is 90.8 Å². The second-order valence-corrected chi connectivity index (χ2v) is 11.2. The van der Waals surface area contributed by atoms with E-state index < -0.39 is 39.6 Å². The molecule has 0 aromatic heterocycles. The van der Waals surface area contributed by atoms with Crippen molar-refractivity contribution in [2.45, 2.75) is 10.3 Å². The van der Waals surface area contributed by atoms with E-state index in [4.69, 9.17) is 58.0 Å². The van der Waals surface area contributed by atoms with Crippen molar-refractivity contribution in [3.63, 3.8) is 0 Å². The lowest BCUT2D eigenvalue weighted by Gasteiger charge is -2.11. The van der Waals surface area contributed by atoms with Crippen LogP contribution in [0.15, 0.2) is 53.0 Å². The molecule has 3 aromatic rings. The minimum absolute atomic E-state index is 0.0445. The van der Waals surface area contributed by atoms with Crippen LogP contribution in [-0.2, 0) is 4.79 Å². The Morgan fingerprint density at radius 3 is 2.29 bits per heavy atom. The summed E-state index contributed by atoms with van der Waals surface area (Å²) in [6.07, 6.45) is 0. The summed E-state index contributed by atoms with van der Waals surface area (Å²) >= 11 is 34.4. The molecule has 0 radical (unpaired) electrons. The highest BCUT2D eigenvalue weighted by Crippen LogP contribution is 2.65. The van der Waals surface area contributed by atoms with Crippen LogP contribution in [-0.4, -0.2) is 16.1 Å². The van der Waals surface area contributed by atoms with Crippen molar-refractivity contribution in [1.29, 1.82) is 0 Å². The Bertz CT molecular complexity index is 1350. The standard InChI is InChI=1S/C23H12BrCl5F2N2O2/c24-13-5-9(6-15(26)20(13)27)18-19(23(18,28)29)22(35)32-11-2-3-14(25)12(8-11)21(34)33-17-4-1-10(30)7-16(17)31/h1-8,18-19H,(H,32,35)(H,33,34)/t18-,19+/m0/s1. The van der Waals surface area contributed by atoms with Crippen molar-refractivity contribution in [2.75, 3.05) is 10.6 Å². The molecular formula is C23H12BrCl5F2N2O2. The fourth-order valence-electron chi connectivity index (χ4n) is 3.60. The van der Waals surface area contributed by atoms with E-state index in [1.807, 2.05) is 0 Å². The van der Waals surface area contributed by atoms with Gasteiger partial charge in [0.25, 0.3) is 5.91 Å². The number of carbonyl (C=O) groups excluding carboxylic acids is 2. The van der Waals surface area contributed by atoms with Crippen LogP contribution in [0, 0.1) is 17.6 Å². The Morgan fingerprint density at radius 2 is 1.63 bits per heavy atom. The summed E-state index contributed by atoms with van der Waals surface area (Å²) in [6.45, 7) is 0. The van der Waals surface area contributed by atoms with Crippen molar-refractivity contribution in [1.82, 2.24) is 0 Å². The van der Waals surface area contributed by atoms with Crippen LogP contribution in [0.3, 0.4) is 0 Å². The van der Waals surface area contributed by atoms with Gasteiger partial charge in [-0.05, 0) is 64.0 Å². The predicted octanol–water partition coefficient (Wildman–Crippen LogP) is 8.47. The lowest BCUT2D eigenvalue weighted by Crippen LogP contribution is -2.18. The summed E-state index contributed by atoms with van der Waals surface area (Å²) in [4.78, 5) is 25.6. The Hall–Kier alpha value is -1.61. The molecule has 1 aliphatic carbocycles. The fraction of sp³-hybridized carbons (Fsp3) is 0.130. The average Bonchev–Trinajstić information content (AvgIpc) is 3.37. The molecule has 1 fully saturated rings. The van der Waals surface area contributed by atoms with E-state index in [-0.39, 0.29) is 27.0 Å². The number of alkyl halides is 2. The number of hydrogen-bond donors (Lipinski definition) is 2. The minimum atomic E-state index is -1.40. The third-order valence-corrected chi connectivity index (χ3v) is 8.28. The van der Waals surface area contributed by atoms with Crippen LogP contribution in [0.5, 0.6) is 0 Å². The van der Waals surface area contributed by atoms with Gasteiger partial charge in [0.05, 0.1) is 32.2 Å². The Labute approximate surface area is 232 Å². The first-order valence-electron chi connectivity index (χ1n) is 9.79. The van der Waals surface area contributed by atoms with Gasteiger partial charge in [-0.1, -0.05) is 34.8 Å². The van der Waals surface area contributed by atoms with Gasteiger partial charge in [-0.3, -0.25) is 9.59 Å². The first kappa shape index (κ1) is 26.5. The van der Waals surface area contributed by atoms with Crippen molar-refractivity contribution in [3.8, 4) is 0 Å². The number of benzene rings is 3. The molecule has 1 aliphatic rings. The van der Waals surface area contributed by atoms with Crippen LogP contribution in [0.4, 0.5) is 20.2 Å². The highest BCUT2D eigenvalue weighted by Gasteiger charge is 2.67. The molecule has 0 aliphatic heterocycles. The predicted molar refractivity (Wildman–Crippen MR) is 139 cm³/mol. The van der Waals surface area contributed by atoms with Crippen molar-refractivity contribution >= 4 is 97.1 Å². The summed E-state index contributed by atoms with van der Waals surface area (Å²) in [5.41, 5.74) is 0.574. The first-order chi connectivity index (χ1) is 16.4. The van der Waals surface area contributed by atoms with Crippen molar-refractivity contribution < 1.29 is 18.4 Å². The van der Waals surface area contributed by atoms with Gasteiger partial charge >= 0.3 is 0 Å². The van der Waals surface area contributed by atoms with E-state index >= 15 is 0 Å². The topological polar surface area (TPSA) is 58.2 Å². The molecule has 0 heterocycles. The van der Waals surface area contributed by atoms with Gasteiger partial charge in [0.2, 0.25) is 5.91 Å². The molecule has 3 aromatic carbocycles. The van der Waals surface area contributed by atoms with Gasteiger partial charge in [-0.15, -0.1) is 23.2 Å². The molecule has 182 valence electrons. The summed E-state index contributed by atoms with van der Waals surface area (Å²) in [6, 6.07) is 10.2. The SMILES string of the molecule is O=C(Nc1ccc(F)cc1F)c1cc(NC(=O)[C@H]2[C@H](c3cc(Cl)c(Cl)c(Br)c3)C2(Cl)Cl)ccc1Cl. The van der Waals surface area contributed by atoms with Crippen molar-refractivity contribution in [2.24, 2.45) is 5.92 Å². The average molecular weight is 644 g/mol. The van der Waals surface area contributed by atoms with Gasteiger partial charge in [0, 0.05) is 22.1 Å². The quantitative estimate of drug-likeness (QED) is 0.217. The van der Waals surface area contributed by atoms with Gasteiger partial charge in [-0.25, -0.2) is 8.78 Å². The molecule has 1 saturated carbocycles. The number of carbonyl (C=O) groups is 2. The zero-order valence-electron chi connectivity index (χ0n) is 17.1. The number of anilines is 2. The second-order valence-electron chi connectivity index (χ2n) is 7.69. The molecule has 4 rings (SSSR count). The van der Waals surface area contributed by atoms with Gasteiger partial charge in [0.1, 0.15) is 16.0 Å². The minimum Gasteiger partial charge on any atom is -0.326 e. The molecule has 12 heteroatoms. The maximum absolute atomic E-state index is 13.9. The molecule has 0 spiro atoms. The highest BCUT2D eigenvalue weighted by atomic mass is 79.9. The third kappa shape index (κ3) is 5.41. The summed E-state index contributed by atoms with van der Waals surface area (Å²) in [5, 5.41) is 5.63. The monoisotopic (exact) mass is 640 g/mol. The number of amides is 2. The number of hydrogen-bond acceptors (Lipinski definition) is 2. The Kier molecular flexibility index (Phi) is 7.59. The van der Waals surface area contributed by atoms with Gasteiger partial charge < -0.3 is 10.6 Å². The second kappa shape index (κ2) is 10.0.